The van der Waals surface area contributed by atoms with E-state index in [9.17, 15) is 4.79 Å². The third kappa shape index (κ3) is 5.96. The average molecular weight is 386 g/mol. The Bertz CT molecular complexity index is 848. The van der Waals surface area contributed by atoms with E-state index >= 15 is 0 Å². The summed E-state index contributed by atoms with van der Waals surface area (Å²) in [6.45, 7) is 3.80. The number of anilines is 1. The molecule has 0 radical (unpaired) electrons. The molecule has 0 aromatic heterocycles. The lowest BCUT2D eigenvalue weighted by Gasteiger charge is -2.12. The number of carbonyl (C=O) groups excluding carboxylic acids is 1. The zero-order valence-electron chi connectivity index (χ0n) is 15.4. The summed E-state index contributed by atoms with van der Waals surface area (Å²) in [5.41, 5.74) is 11.8. The highest BCUT2D eigenvalue weighted by molar-refractivity contribution is 7.80. The minimum atomic E-state index is -0.559. The minimum absolute atomic E-state index is 0.219. The molecule has 1 amide bonds. The lowest BCUT2D eigenvalue weighted by atomic mass is 10.1. The van der Waals surface area contributed by atoms with Crippen LogP contribution in [0.4, 0.5) is 5.69 Å². The molecule has 0 aliphatic carbocycles. The quantitative estimate of drug-likeness (QED) is 0.384. The van der Waals surface area contributed by atoms with Gasteiger partial charge in [-0.15, -0.1) is 0 Å². The normalized spacial score (nSPS) is 10.5. The van der Waals surface area contributed by atoms with Crippen LogP contribution in [-0.2, 0) is 4.79 Å². The summed E-state index contributed by atoms with van der Waals surface area (Å²) in [5.74, 6) is 0.335. The van der Waals surface area contributed by atoms with Gasteiger partial charge in [0, 0.05) is 5.69 Å². The van der Waals surface area contributed by atoms with Gasteiger partial charge in [-0.3, -0.25) is 10.2 Å². The third-order valence-electron chi connectivity index (χ3n) is 3.66. The number of nitrogens with one attached hydrogen (secondary N) is 2. The van der Waals surface area contributed by atoms with Gasteiger partial charge in [0.1, 0.15) is 0 Å². The van der Waals surface area contributed by atoms with E-state index in [2.05, 4.69) is 15.8 Å². The highest BCUT2D eigenvalue weighted by Gasteiger charge is 2.07. The number of nitrogens with two attached hydrogens (primary N) is 1. The summed E-state index contributed by atoms with van der Waals surface area (Å²) in [5, 5.41) is 7.66. The fourth-order valence-corrected chi connectivity index (χ4v) is 2.51. The van der Waals surface area contributed by atoms with E-state index in [1.807, 2.05) is 32.0 Å². The Labute approximate surface area is 163 Å². The third-order valence-corrected chi connectivity index (χ3v) is 3.85. The molecule has 0 bridgehead atoms. The fourth-order valence-electron chi connectivity index (χ4n) is 2.35. The van der Waals surface area contributed by atoms with Gasteiger partial charge in [0.2, 0.25) is 0 Å². The molecule has 0 atom stereocenters. The molecule has 27 heavy (non-hydrogen) atoms. The van der Waals surface area contributed by atoms with Gasteiger partial charge in [-0.2, -0.15) is 5.10 Å². The molecule has 2 aromatic carbocycles. The van der Waals surface area contributed by atoms with E-state index in [0.717, 1.165) is 22.4 Å². The number of rotatable bonds is 7. The molecule has 0 aliphatic heterocycles. The van der Waals surface area contributed by atoms with Crippen molar-refractivity contribution in [3.63, 3.8) is 0 Å². The average Bonchev–Trinajstić information content (AvgIpc) is 2.63. The van der Waals surface area contributed by atoms with Crippen LogP contribution in [-0.4, -0.2) is 31.0 Å². The molecule has 0 fully saturated rings. The zero-order chi connectivity index (χ0) is 19.8. The second-order valence-electron chi connectivity index (χ2n) is 5.76. The van der Waals surface area contributed by atoms with Gasteiger partial charge in [-0.1, -0.05) is 18.2 Å². The first kappa shape index (κ1) is 20.2. The topological polar surface area (TPSA) is 98.0 Å². The van der Waals surface area contributed by atoms with E-state index in [1.54, 1.807) is 24.4 Å². The van der Waals surface area contributed by atoms with Crippen molar-refractivity contribution in [2.24, 2.45) is 10.8 Å². The number of thiocarbonyl (C=S) groups is 1. The number of primary amides is 1. The first-order valence-corrected chi connectivity index (χ1v) is 8.57. The summed E-state index contributed by atoms with van der Waals surface area (Å²) < 4.78 is 10.5. The number of carbonyl (C=O) groups is 1. The highest BCUT2D eigenvalue weighted by atomic mass is 32.1. The van der Waals surface area contributed by atoms with Crippen LogP contribution in [0.1, 0.15) is 16.7 Å². The lowest BCUT2D eigenvalue weighted by Crippen LogP contribution is -2.24. The van der Waals surface area contributed by atoms with E-state index in [1.165, 1.54) is 7.11 Å². The van der Waals surface area contributed by atoms with E-state index < -0.39 is 5.91 Å². The number of benzene rings is 2. The van der Waals surface area contributed by atoms with Gasteiger partial charge >= 0.3 is 0 Å². The van der Waals surface area contributed by atoms with Crippen LogP contribution >= 0.6 is 12.2 Å². The van der Waals surface area contributed by atoms with Crippen LogP contribution in [0.25, 0.3) is 0 Å². The van der Waals surface area contributed by atoms with Crippen molar-refractivity contribution in [3.8, 4) is 11.5 Å². The standard InChI is InChI=1S/C19H22N4O3S/c1-12-5-4-6-13(2)18(12)22-19(27)23-21-10-14-7-8-15(16(9-14)25-3)26-11-17(20)24/h4-10H,11H2,1-3H3,(H2,20,24)(H2,22,23,27)/b21-10+. The lowest BCUT2D eigenvalue weighted by molar-refractivity contribution is -0.119. The van der Waals surface area contributed by atoms with E-state index in [0.29, 0.717) is 16.6 Å². The van der Waals surface area contributed by atoms with Crippen molar-refractivity contribution in [2.45, 2.75) is 13.8 Å². The van der Waals surface area contributed by atoms with Gasteiger partial charge in [0.05, 0.1) is 13.3 Å². The molecule has 4 N–H and O–H groups in total. The Morgan fingerprint density at radius 1 is 1.22 bits per heavy atom. The Kier molecular flexibility index (Phi) is 7.13. The number of hydrogen-bond acceptors (Lipinski definition) is 5. The van der Waals surface area contributed by atoms with Gasteiger partial charge in [0.25, 0.3) is 5.91 Å². The molecule has 8 heteroatoms. The summed E-state index contributed by atoms with van der Waals surface area (Å²) in [7, 11) is 1.51. The maximum absolute atomic E-state index is 10.8. The summed E-state index contributed by atoms with van der Waals surface area (Å²) >= 11 is 5.27. The number of aryl methyl sites for hydroxylation is 2. The number of ether oxygens (including phenoxy) is 2. The number of amides is 1. The van der Waals surface area contributed by atoms with Gasteiger partial charge < -0.3 is 20.5 Å². The summed E-state index contributed by atoms with van der Waals surface area (Å²) in [6.07, 6.45) is 1.60. The van der Waals surface area contributed by atoms with Gasteiger partial charge in [0.15, 0.2) is 23.2 Å². The van der Waals surface area contributed by atoms with Crippen molar-refractivity contribution in [3.05, 3.63) is 53.1 Å². The largest absolute Gasteiger partial charge is 0.493 e. The van der Waals surface area contributed by atoms with Crippen molar-refractivity contribution < 1.29 is 14.3 Å². The first-order valence-electron chi connectivity index (χ1n) is 8.16. The van der Waals surface area contributed by atoms with Gasteiger partial charge in [-0.25, -0.2) is 0 Å². The van der Waals surface area contributed by atoms with Crippen LogP contribution in [0.2, 0.25) is 0 Å². The molecule has 2 aromatic rings. The molecule has 0 spiro atoms. The molecule has 0 unspecified atom stereocenters. The SMILES string of the molecule is COc1cc(/C=N/NC(=S)Nc2c(C)cccc2C)ccc1OCC(N)=O. The molecule has 142 valence electrons. The fraction of sp³-hybridized carbons (Fsp3) is 0.211. The van der Waals surface area contributed by atoms with Crippen LogP contribution in [0, 0.1) is 13.8 Å². The Balaban J connectivity index is 1.99. The Morgan fingerprint density at radius 2 is 1.93 bits per heavy atom. The second-order valence-corrected chi connectivity index (χ2v) is 6.16. The predicted octanol–water partition coefficient (Wildman–Crippen LogP) is 2.50. The number of para-hydroxylation sites is 1. The number of hydrogen-bond donors (Lipinski definition) is 3. The maximum atomic E-state index is 10.8. The van der Waals surface area contributed by atoms with Crippen LogP contribution in [0.15, 0.2) is 41.5 Å². The first-order chi connectivity index (χ1) is 12.9. The monoisotopic (exact) mass is 386 g/mol. The van der Waals surface area contributed by atoms with Crippen LogP contribution in [0.5, 0.6) is 11.5 Å². The van der Waals surface area contributed by atoms with Crippen LogP contribution in [0.3, 0.4) is 0 Å². The molecular formula is C19H22N4O3S. The molecule has 7 nitrogen and oxygen atoms in total. The molecule has 0 aliphatic rings. The van der Waals surface area contributed by atoms with Crippen LogP contribution < -0.4 is 25.9 Å². The Hall–Kier alpha value is -3.13. The van der Waals surface area contributed by atoms with Crippen molar-refractivity contribution in [1.29, 1.82) is 0 Å². The predicted molar refractivity (Wildman–Crippen MR) is 111 cm³/mol. The highest BCUT2D eigenvalue weighted by Crippen LogP contribution is 2.27. The Morgan fingerprint density at radius 3 is 2.56 bits per heavy atom. The zero-order valence-corrected chi connectivity index (χ0v) is 16.2. The number of hydrazone groups is 1. The molecular weight excluding hydrogens is 364 g/mol. The summed E-state index contributed by atoms with van der Waals surface area (Å²) in [6, 6.07) is 11.2. The maximum Gasteiger partial charge on any atom is 0.255 e. The van der Waals surface area contributed by atoms with Gasteiger partial charge in [-0.05, 0) is 61.0 Å². The molecule has 0 saturated heterocycles. The second kappa shape index (κ2) is 9.54. The number of methoxy groups -OCH3 is 1. The molecule has 0 saturated carbocycles. The van der Waals surface area contributed by atoms with E-state index in [4.69, 9.17) is 27.4 Å². The molecule has 2 rings (SSSR count). The molecule has 0 heterocycles. The smallest absolute Gasteiger partial charge is 0.255 e. The number of nitrogens with zero attached hydrogens (tertiary/aromatic N) is 1. The minimum Gasteiger partial charge on any atom is -0.493 e. The summed E-state index contributed by atoms with van der Waals surface area (Å²) in [4.78, 5) is 10.8. The van der Waals surface area contributed by atoms with Crippen molar-refractivity contribution in [2.75, 3.05) is 19.0 Å². The van der Waals surface area contributed by atoms with Crippen molar-refractivity contribution in [1.82, 2.24) is 5.43 Å². The van der Waals surface area contributed by atoms with E-state index in [-0.39, 0.29) is 6.61 Å². The van der Waals surface area contributed by atoms with Crippen molar-refractivity contribution >= 4 is 35.1 Å².